The molecule has 2 N–H and O–H groups in total. The molecule has 1 aromatic heterocycles. The van der Waals surface area contributed by atoms with E-state index in [9.17, 15) is 4.79 Å². The summed E-state index contributed by atoms with van der Waals surface area (Å²) < 4.78 is 6.03. The number of rotatable bonds is 4. The number of hydrogen-bond acceptors (Lipinski definition) is 5. The number of nitrogens with two attached hydrogens (primary N) is 1. The van der Waals surface area contributed by atoms with E-state index in [0.29, 0.717) is 18.8 Å². The second kappa shape index (κ2) is 4.56. The first-order valence-corrected chi connectivity index (χ1v) is 3.96. The summed E-state index contributed by atoms with van der Waals surface area (Å²) in [6.07, 6.45) is 2.13. The highest BCUT2D eigenvalue weighted by atomic mass is 16.5. The van der Waals surface area contributed by atoms with Crippen molar-refractivity contribution in [1.82, 2.24) is 15.0 Å². The second-order valence-corrected chi connectivity index (χ2v) is 2.48. The highest BCUT2D eigenvalue weighted by Crippen LogP contribution is 1.99. The van der Waals surface area contributed by atoms with E-state index in [1.807, 2.05) is 0 Å². The average molecular weight is 184 g/mol. The lowest BCUT2D eigenvalue weighted by molar-refractivity contribution is 0.0586. The molecule has 0 saturated carbocycles. The number of aromatic nitrogens is 3. The van der Waals surface area contributed by atoms with Crippen LogP contribution in [0.5, 0.6) is 0 Å². The monoisotopic (exact) mass is 184 g/mol. The molecule has 0 unspecified atom stereocenters. The van der Waals surface area contributed by atoms with Crippen molar-refractivity contribution < 1.29 is 9.53 Å². The molecule has 13 heavy (non-hydrogen) atoms. The van der Waals surface area contributed by atoms with Gasteiger partial charge in [-0.25, -0.2) is 9.48 Å². The Balaban J connectivity index is 2.71. The second-order valence-electron chi connectivity index (χ2n) is 2.48. The zero-order valence-corrected chi connectivity index (χ0v) is 7.43. The fraction of sp³-hybridized carbons (Fsp3) is 0.571. The third kappa shape index (κ3) is 2.25. The smallest absolute Gasteiger partial charge is 0.358 e. The molecule has 0 amide bonds. The summed E-state index contributed by atoms with van der Waals surface area (Å²) in [7, 11) is 1.32. The molecule has 72 valence electrons. The molecule has 0 radical (unpaired) electrons. The van der Waals surface area contributed by atoms with Gasteiger partial charge in [-0.05, 0) is 13.0 Å². The van der Waals surface area contributed by atoms with Crippen LogP contribution < -0.4 is 5.73 Å². The highest BCUT2D eigenvalue weighted by molar-refractivity contribution is 5.86. The van der Waals surface area contributed by atoms with Crippen molar-refractivity contribution in [3.8, 4) is 0 Å². The lowest BCUT2D eigenvalue weighted by Gasteiger charge is -2.02. The van der Waals surface area contributed by atoms with Crippen molar-refractivity contribution in [1.29, 1.82) is 0 Å². The Morgan fingerprint density at radius 2 is 2.54 bits per heavy atom. The quantitative estimate of drug-likeness (QED) is 0.632. The Labute approximate surface area is 75.7 Å². The molecule has 0 bridgehead atoms. The van der Waals surface area contributed by atoms with Crippen LogP contribution in [0, 0.1) is 0 Å². The van der Waals surface area contributed by atoms with Gasteiger partial charge in [-0.3, -0.25) is 0 Å². The SMILES string of the molecule is COC(=O)c1cnnn1CCCN. The van der Waals surface area contributed by atoms with Crippen LogP contribution in [0.3, 0.4) is 0 Å². The molecular formula is C7H12N4O2. The maximum atomic E-state index is 11.1. The number of carbonyl (C=O) groups is 1. The summed E-state index contributed by atoms with van der Waals surface area (Å²) in [6, 6.07) is 0. The molecule has 0 atom stereocenters. The van der Waals surface area contributed by atoms with Crippen LogP contribution in [-0.2, 0) is 11.3 Å². The first-order chi connectivity index (χ1) is 6.29. The maximum absolute atomic E-state index is 11.1. The van der Waals surface area contributed by atoms with Crippen molar-refractivity contribution >= 4 is 5.97 Å². The van der Waals surface area contributed by atoms with E-state index in [4.69, 9.17) is 5.73 Å². The summed E-state index contributed by atoms with van der Waals surface area (Å²) in [5.74, 6) is -0.429. The van der Waals surface area contributed by atoms with E-state index in [1.54, 1.807) is 0 Å². The van der Waals surface area contributed by atoms with Crippen LogP contribution in [0.2, 0.25) is 0 Å². The Hall–Kier alpha value is -1.43. The minimum atomic E-state index is -0.429. The van der Waals surface area contributed by atoms with Gasteiger partial charge in [-0.15, -0.1) is 5.10 Å². The fourth-order valence-corrected chi connectivity index (χ4v) is 0.927. The van der Waals surface area contributed by atoms with Gasteiger partial charge in [0.25, 0.3) is 0 Å². The molecule has 6 nitrogen and oxygen atoms in total. The molecule has 0 aromatic carbocycles. The van der Waals surface area contributed by atoms with Gasteiger partial charge >= 0.3 is 5.97 Å². The lowest BCUT2D eigenvalue weighted by Crippen LogP contribution is -2.14. The van der Waals surface area contributed by atoms with Crippen LogP contribution >= 0.6 is 0 Å². The minimum Gasteiger partial charge on any atom is -0.464 e. The molecule has 0 spiro atoms. The van der Waals surface area contributed by atoms with Gasteiger partial charge in [-0.2, -0.15) is 0 Å². The number of ether oxygens (including phenoxy) is 1. The molecule has 0 aliphatic rings. The van der Waals surface area contributed by atoms with Gasteiger partial charge in [-0.1, -0.05) is 5.21 Å². The van der Waals surface area contributed by atoms with Crippen LogP contribution in [0.4, 0.5) is 0 Å². The van der Waals surface area contributed by atoms with Gasteiger partial charge in [0.2, 0.25) is 0 Å². The van der Waals surface area contributed by atoms with Crippen molar-refractivity contribution in [2.45, 2.75) is 13.0 Å². The molecule has 1 rings (SSSR count). The van der Waals surface area contributed by atoms with Crippen LogP contribution in [0.15, 0.2) is 6.20 Å². The largest absolute Gasteiger partial charge is 0.464 e. The topological polar surface area (TPSA) is 83.0 Å². The highest BCUT2D eigenvalue weighted by Gasteiger charge is 2.12. The van der Waals surface area contributed by atoms with Gasteiger partial charge in [0.05, 0.1) is 13.3 Å². The molecule has 6 heteroatoms. The van der Waals surface area contributed by atoms with E-state index >= 15 is 0 Å². The van der Waals surface area contributed by atoms with E-state index in [1.165, 1.54) is 18.0 Å². The third-order valence-corrected chi connectivity index (χ3v) is 1.59. The molecule has 0 fully saturated rings. The number of esters is 1. The lowest BCUT2D eigenvalue weighted by atomic mass is 10.4. The number of methoxy groups -OCH3 is 1. The number of aryl methyl sites for hydroxylation is 1. The predicted molar refractivity (Wildman–Crippen MR) is 45.0 cm³/mol. The number of nitrogens with zero attached hydrogens (tertiary/aromatic N) is 3. The van der Waals surface area contributed by atoms with Crippen molar-refractivity contribution in [2.75, 3.05) is 13.7 Å². The average Bonchev–Trinajstić information content (AvgIpc) is 2.61. The van der Waals surface area contributed by atoms with E-state index in [0.717, 1.165) is 6.42 Å². The number of carbonyl (C=O) groups excluding carboxylic acids is 1. The first kappa shape index (κ1) is 9.66. The van der Waals surface area contributed by atoms with Crippen LogP contribution in [0.1, 0.15) is 16.9 Å². The predicted octanol–water partition coefficient (Wildman–Crippen LogP) is -0.587. The first-order valence-electron chi connectivity index (χ1n) is 3.96. The van der Waals surface area contributed by atoms with Gasteiger partial charge in [0, 0.05) is 6.54 Å². The van der Waals surface area contributed by atoms with E-state index < -0.39 is 5.97 Å². The molecule has 1 aromatic rings. The molecular weight excluding hydrogens is 172 g/mol. The zero-order chi connectivity index (χ0) is 9.68. The van der Waals surface area contributed by atoms with Gasteiger partial charge in [0.15, 0.2) is 5.69 Å². The van der Waals surface area contributed by atoms with Crippen molar-refractivity contribution in [3.05, 3.63) is 11.9 Å². The van der Waals surface area contributed by atoms with Crippen molar-refractivity contribution in [2.24, 2.45) is 5.73 Å². The summed E-state index contributed by atoms with van der Waals surface area (Å²) in [5, 5.41) is 7.35. The summed E-state index contributed by atoms with van der Waals surface area (Å²) >= 11 is 0. The molecule has 0 aliphatic carbocycles. The van der Waals surface area contributed by atoms with Gasteiger partial charge in [0.1, 0.15) is 0 Å². The molecule has 0 saturated heterocycles. The normalized spacial score (nSPS) is 10.0. The van der Waals surface area contributed by atoms with E-state index in [-0.39, 0.29) is 0 Å². The summed E-state index contributed by atoms with van der Waals surface area (Å²) in [4.78, 5) is 11.1. The van der Waals surface area contributed by atoms with Crippen LogP contribution in [0.25, 0.3) is 0 Å². The fourth-order valence-electron chi connectivity index (χ4n) is 0.927. The Kier molecular flexibility index (Phi) is 3.39. The third-order valence-electron chi connectivity index (χ3n) is 1.59. The van der Waals surface area contributed by atoms with Crippen LogP contribution in [-0.4, -0.2) is 34.6 Å². The zero-order valence-electron chi connectivity index (χ0n) is 7.43. The molecule has 1 heterocycles. The Bertz CT molecular complexity index is 284. The van der Waals surface area contributed by atoms with Crippen molar-refractivity contribution in [3.63, 3.8) is 0 Å². The standard InChI is InChI=1S/C7H12N4O2/c1-13-7(12)6-5-9-10-11(6)4-2-3-8/h5H,2-4,8H2,1H3. The summed E-state index contributed by atoms with van der Waals surface area (Å²) in [6.45, 7) is 1.14. The Morgan fingerprint density at radius 1 is 1.77 bits per heavy atom. The molecule has 0 aliphatic heterocycles. The van der Waals surface area contributed by atoms with E-state index in [2.05, 4.69) is 15.0 Å². The summed E-state index contributed by atoms with van der Waals surface area (Å²) in [5.41, 5.74) is 5.68. The number of hydrogen-bond donors (Lipinski definition) is 1. The van der Waals surface area contributed by atoms with Gasteiger partial charge < -0.3 is 10.5 Å². The minimum absolute atomic E-state index is 0.357. The maximum Gasteiger partial charge on any atom is 0.358 e. The Morgan fingerprint density at radius 3 is 3.15 bits per heavy atom.